The van der Waals surface area contributed by atoms with E-state index in [0.29, 0.717) is 25.2 Å². The molecular formula is C15H17F3N2O4. The lowest BCUT2D eigenvalue weighted by Gasteiger charge is -2.23. The lowest BCUT2D eigenvalue weighted by molar-refractivity contribution is -0.274. The number of carboxylic acid groups (broad SMARTS) is 1. The van der Waals surface area contributed by atoms with E-state index >= 15 is 0 Å². The smallest absolute Gasteiger partial charge is 0.481 e. The first-order chi connectivity index (χ1) is 11.2. The predicted molar refractivity (Wildman–Crippen MR) is 78.5 cm³/mol. The van der Waals surface area contributed by atoms with Gasteiger partial charge in [-0.3, -0.25) is 14.5 Å². The minimum atomic E-state index is -4.77. The third-order valence-corrected chi connectivity index (χ3v) is 3.85. The Morgan fingerprint density at radius 2 is 1.96 bits per heavy atom. The summed E-state index contributed by atoms with van der Waals surface area (Å²) in [5.41, 5.74) is 0.329. The molecule has 0 radical (unpaired) electrons. The first-order valence-electron chi connectivity index (χ1n) is 7.29. The molecule has 1 aromatic carbocycles. The highest BCUT2D eigenvalue weighted by Crippen LogP contribution is 2.24. The van der Waals surface area contributed by atoms with Crippen LogP contribution < -0.4 is 10.1 Å². The standard InChI is InChI=1S/C15H17F3N2O4/c1-9(20-7-6-10(8-20)14(22)23)13(21)19-11-2-4-12(5-3-11)24-15(16,17)18/h2-5,9-10H,6-8H2,1H3,(H,19,21)(H,22,23). The molecule has 1 amide bonds. The van der Waals surface area contributed by atoms with E-state index < -0.39 is 24.3 Å². The quantitative estimate of drug-likeness (QED) is 0.855. The molecule has 6 nitrogen and oxygen atoms in total. The average molecular weight is 346 g/mol. The summed E-state index contributed by atoms with van der Waals surface area (Å²) in [6.45, 7) is 2.45. The monoisotopic (exact) mass is 346 g/mol. The van der Waals surface area contributed by atoms with Gasteiger partial charge in [-0.15, -0.1) is 13.2 Å². The zero-order valence-corrected chi connectivity index (χ0v) is 12.8. The van der Waals surface area contributed by atoms with Crippen molar-refractivity contribution in [2.24, 2.45) is 5.92 Å². The van der Waals surface area contributed by atoms with Crippen LogP contribution in [-0.4, -0.2) is 47.4 Å². The number of rotatable bonds is 5. The molecule has 0 aliphatic carbocycles. The highest BCUT2D eigenvalue weighted by molar-refractivity contribution is 5.94. The number of nitrogens with one attached hydrogen (secondary N) is 1. The average Bonchev–Trinajstić information content (AvgIpc) is 2.97. The third-order valence-electron chi connectivity index (χ3n) is 3.85. The van der Waals surface area contributed by atoms with Gasteiger partial charge < -0.3 is 15.2 Å². The van der Waals surface area contributed by atoms with E-state index in [2.05, 4.69) is 10.1 Å². The van der Waals surface area contributed by atoms with Crippen LogP contribution in [0.3, 0.4) is 0 Å². The number of carboxylic acids is 1. The summed E-state index contributed by atoms with van der Waals surface area (Å²) in [6.07, 6.45) is -4.29. The number of carbonyl (C=O) groups is 2. The maximum atomic E-state index is 12.2. The van der Waals surface area contributed by atoms with Gasteiger partial charge in [-0.25, -0.2) is 0 Å². The molecule has 1 aliphatic rings. The van der Waals surface area contributed by atoms with E-state index in [-0.39, 0.29) is 11.7 Å². The second kappa shape index (κ2) is 7.08. The molecule has 0 bridgehead atoms. The molecule has 1 fully saturated rings. The van der Waals surface area contributed by atoms with Crippen molar-refractivity contribution in [3.05, 3.63) is 24.3 Å². The fourth-order valence-corrected chi connectivity index (χ4v) is 2.49. The van der Waals surface area contributed by atoms with Crippen molar-refractivity contribution in [3.63, 3.8) is 0 Å². The summed E-state index contributed by atoms with van der Waals surface area (Å²) < 4.78 is 40.0. The van der Waals surface area contributed by atoms with Crippen molar-refractivity contribution in [1.29, 1.82) is 0 Å². The molecule has 1 aromatic rings. The summed E-state index contributed by atoms with van der Waals surface area (Å²) in [5, 5.41) is 11.6. The Kier molecular flexibility index (Phi) is 5.33. The number of halogens is 3. The minimum absolute atomic E-state index is 0.294. The van der Waals surface area contributed by atoms with Gasteiger partial charge in [0.05, 0.1) is 12.0 Å². The molecule has 2 atom stereocenters. The number of benzene rings is 1. The number of hydrogen-bond acceptors (Lipinski definition) is 4. The van der Waals surface area contributed by atoms with Gasteiger partial charge in [0.2, 0.25) is 5.91 Å². The molecular weight excluding hydrogens is 329 g/mol. The predicted octanol–water partition coefficient (Wildman–Crippen LogP) is 2.32. The van der Waals surface area contributed by atoms with Crippen molar-refractivity contribution in [3.8, 4) is 5.75 Å². The van der Waals surface area contributed by atoms with Gasteiger partial charge in [-0.1, -0.05) is 0 Å². The van der Waals surface area contributed by atoms with Crippen molar-refractivity contribution in [2.45, 2.75) is 25.7 Å². The van der Waals surface area contributed by atoms with E-state index in [1.165, 1.54) is 12.1 Å². The van der Waals surface area contributed by atoms with Gasteiger partial charge in [-0.05, 0) is 44.2 Å². The topological polar surface area (TPSA) is 78.9 Å². The van der Waals surface area contributed by atoms with E-state index in [0.717, 1.165) is 12.1 Å². The van der Waals surface area contributed by atoms with Crippen molar-refractivity contribution >= 4 is 17.6 Å². The summed E-state index contributed by atoms with van der Waals surface area (Å²) >= 11 is 0. The molecule has 132 valence electrons. The van der Waals surface area contributed by atoms with Gasteiger partial charge in [0.1, 0.15) is 5.75 Å². The second-order valence-electron chi connectivity index (χ2n) is 5.56. The first-order valence-corrected chi connectivity index (χ1v) is 7.29. The Hall–Kier alpha value is -2.29. The van der Waals surface area contributed by atoms with Crippen molar-refractivity contribution in [1.82, 2.24) is 4.90 Å². The SMILES string of the molecule is CC(C(=O)Nc1ccc(OC(F)(F)F)cc1)N1CCC(C(=O)O)C1. The van der Waals surface area contributed by atoms with Crippen LogP contribution in [0.25, 0.3) is 0 Å². The van der Waals surface area contributed by atoms with Gasteiger partial charge in [0, 0.05) is 12.2 Å². The lowest BCUT2D eigenvalue weighted by Crippen LogP contribution is -2.41. The highest BCUT2D eigenvalue weighted by atomic mass is 19.4. The Labute approximate surface area is 136 Å². The number of carbonyl (C=O) groups excluding carboxylic acids is 1. The molecule has 1 saturated heterocycles. The largest absolute Gasteiger partial charge is 0.573 e. The lowest BCUT2D eigenvalue weighted by atomic mass is 10.1. The molecule has 0 saturated carbocycles. The van der Waals surface area contributed by atoms with Gasteiger partial charge in [0.25, 0.3) is 0 Å². The fraction of sp³-hybridized carbons (Fsp3) is 0.467. The minimum Gasteiger partial charge on any atom is -0.481 e. The number of hydrogen-bond donors (Lipinski definition) is 2. The number of ether oxygens (including phenoxy) is 1. The van der Waals surface area contributed by atoms with Crippen LogP contribution in [0.1, 0.15) is 13.3 Å². The number of anilines is 1. The van der Waals surface area contributed by atoms with Gasteiger partial charge in [-0.2, -0.15) is 0 Å². The highest BCUT2D eigenvalue weighted by Gasteiger charge is 2.33. The van der Waals surface area contributed by atoms with E-state index in [1.807, 2.05) is 0 Å². The van der Waals surface area contributed by atoms with Crippen LogP contribution in [0.15, 0.2) is 24.3 Å². The van der Waals surface area contributed by atoms with Gasteiger partial charge in [0.15, 0.2) is 0 Å². The molecule has 2 N–H and O–H groups in total. The molecule has 1 heterocycles. The maximum Gasteiger partial charge on any atom is 0.573 e. The Morgan fingerprint density at radius 1 is 1.33 bits per heavy atom. The third kappa shape index (κ3) is 4.85. The van der Waals surface area contributed by atoms with Crippen LogP contribution >= 0.6 is 0 Å². The summed E-state index contributed by atoms with van der Waals surface area (Å²) in [5.74, 6) is -2.10. The van der Waals surface area contributed by atoms with Crippen LogP contribution in [0.5, 0.6) is 5.75 Å². The maximum absolute atomic E-state index is 12.2. The first kappa shape index (κ1) is 18.1. The zero-order valence-electron chi connectivity index (χ0n) is 12.8. The Bertz CT molecular complexity index is 604. The molecule has 2 rings (SSSR count). The van der Waals surface area contributed by atoms with E-state index in [1.54, 1.807) is 11.8 Å². The molecule has 0 spiro atoms. The molecule has 0 aromatic heterocycles. The van der Waals surface area contributed by atoms with E-state index in [9.17, 15) is 22.8 Å². The summed E-state index contributed by atoms with van der Waals surface area (Å²) in [6, 6.07) is 4.26. The number of amides is 1. The number of nitrogens with zero attached hydrogens (tertiary/aromatic N) is 1. The normalized spacial score (nSPS) is 19.8. The Balaban J connectivity index is 1.91. The molecule has 1 aliphatic heterocycles. The van der Waals surface area contributed by atoms with E-state index in [4.69, 9.17) is 5.11 Å². The second-order valence-corrected chi connectivity index (χ2v) is 5.56. The number of alkyl halides is 3. The Morgan fingerprint density at radius 3 is 2.46 bits per heavy atom. The summed E-state index contributed by atoms with van der Waals surface area (Å²) in [4.78, 5) is 24.9. The fourth-order valence-electron chi connectivity index (χ4n) is 2.49. The van der Waals surface area contributed by atoms with Crippen LogP contribution in [0, 0.1) is 5.92 Å². The number of aliphatic carboxylic acids is 1. The number of likely N-dealkylation sites (tertiary alicyclic amines) is 1. The van der Waals surface area contributed by atoms with Crippen molar-refractivity contribution < 1.29 is 32.6 Å². The van der Waals surface area contributed by atoms with Crippen LogP contribution in [0.4, 0.5) is 18.9 Å². The van der Waals surface area contributed by atoms with Crippen molar-refractivity contribution in [2.75, 3.05) is 18.4 Å². The van der Waals surface area contributed by atoms with Crippen LogP contribution in [0.2, 0.25) is 0 Å². The zero-order chi connectivity index (χ0) is 17.9. The molecule has 2 unspecified atom stereocenters. The van der Waals surface area contributed by atoms with Crippen LogP contribution in [-0.2, 0) is 9.59 Å². The summed E-state index contributed by atoms with van der Waals surface area (Å²) in [7, 11) is 0. The van der Waals surface area contributed by atoms with Gasteiger partial charge >= 0.3 is 12.3 Å². The molecule has 9 heteroatoms. The molecule has 24 heavy (non-hydrogen) atoms.